The summed E-state index contributed by atoms with van der Waals surface area (Å²) < 4.78 is 0. The van der Waals surface area contributed by atoms with Crippen molar-refractivity contribution in [2.45, 2.75) is 32.7 Å². The lowest BCUT2D eigenvalue weighted by Crippen LogP contribution is -2.35. The molecule has 4 nitrogen and oxygen atoms in total. The minimum Gasteiger partial charge on any atom is -0.338 e. The maximum absolute atomic E-state index is 12.1. The van der Waals surface area contributed by atoms with Crippen molar-refractivity contribution in [3.05, 3.63) is 40.5 Å². The van der Waals surface area contributed by atoms with E-state index in [4.69, 9.17) is 11.6 Å². The van der Waals surface area contributed by atoms with Gasteiger partial charge in [-0.1, -0.05) is 30.7 Å². The fourth-order valence-electron chi connectivity index (χ4n) is 2.75. The Morgan fingerprint density at radius 2 is 2.33 bits per heavy atom. The molecule has 2 aromatic rings. The van der Waals surface area contributed by atoms with Crippen LogP contribution in [0.15, 0.2) is 24.3 Å². The number of aromatic amines is 1. The molecular weight excluding hydrogens is 286 g/mol. The Labute approximate surface area is 129 Å². The van der Waals surface area contributed by atoms with Crippen LogP contribution in [0.1, 0.15) is 31.0 Å². The van der Waals surface area contributed by atoms with E-state index in [1.54, 1.807) is 0 Å². The molecule has 110 valence electrons. The molecule has 1 N–H and O–H groups in total. The van der Waals surface area contributed by atoms with Crippen molar-refractivity contribution in [1.29, 1.82) is 0 Å². The summed E-state index contributed by atoms with van der Waals surface area (Å²) in [7, 11) is 0. The van der Waals surface area contributed by atoms with Gasteiger partial charge in [0.25, 0.3) is 0 Å². The minimum atomic E-state index is 0.224. The molecule has 0 saturated heterocycles. The lowest BCUT2D eigenvalue weighted by molar-refractivity contribution is -0.132. The summed E-state index contributed by atoms with van der Waals surface area (Å²) in [6, 6.07) is 7.67. The van der Waals surface area contributed by atoms with Crippen LogP contribution in [0.4, 0.5) is 0 Å². The molecule has 0 spiro atoms. The molecule has 0 atom stereocenters. The molecule has 1 amide bonds. The maximum atomic E-state index is 12.1. The van der Waals surface area contributed by atoms with Gasteiger partial charge in [-0.3, -0.25) is 9.89 Å². The molecule has 1 aliphatic heterocycles. The van der Waals surface area contributed by atoms with Crippen molar-refractivity contribution in [3.63, 3.8) is 0 Å². The van der Waals surface area contributed by atoms with Crippen LogP contribution in [0.2, 0.25) is 5.02 Å². The highest BCUT2D eigenvalue weighted by atomic mass is 35.5. The van der Waals surface area contributed by atoms with Gasteiger partial charge in [0.2, 0.25) is 5.91 Å². The number of hydrogen-bond acceptors (Lipinski definition) is 2. The number of benzene rings is 1. The van der Waals surface area contributed by atoms with E-state index in [9.17, 15) is 4.79 Å². The van der Waals surface area contributed by atoms with Crippen LogP contribution in [0.25, 0.3) is 11.3 Å². The van der Waals surface area contributed by atoms with Gasteiger partial charge in [0.05, 0.1) is 5.69 Å². The number of hydrogen-bond donors (Lipinski definition) is 1. The zero-order valence-corrected chi connectivity index (χ0v) is 12.8. The van der Waals surface area contributed by atoms with Crippen molar-refractivity contribution in [1.82, 2.24) is 15.1 Å². The van der Waals surface area contributed by atoms with Crippen LogP contribution in [0.5, 0.6) is 0 Å². The molecule has 0 aliphatic carbocycles. The van der Waals surface area contributed by atoms with E-state index in [0.717, 1.165) is 41.9 Å². The van der Waals surface area contributed by atoms with E-state index >= 15 is 0 Å². The molecule has 0 saturated carbocycles. The van der Waals surface area contributed by atoms with E-state index < -0.39 is 0 Å². The number of nitrogens with one attached hydrogen (secondary N) is 1. The topological polar surface area (TPSA) is 49.0 Å². The zero-order valence-electron chi connectivity index (χ0n) is 12.0. The second kappa shape index (κ2) is 5.90. The number of aromatic nitrogens is 2. The Hall–Kier alpha value is -1.81. The summed E-state index contributed by atoms with van der Waals surface area (Å²) in [6.07, 6.45) is 2.33. The first-order chi connectivity index (χ1) is 10.2. The molecule has 1 aromatic heterocycles. The highest BCUT2D eigenvalue weighted by Gasteiger charge is 2.25. The zero-order chi connectivity index (χ0) is 14.8. The van der Waals surface area contributed by atoms with Crippen LogP contribution in [0, 0.1) is 0 Å². The molecule has 3 rings (SSSR count). The summed E-state index contributed by atoms with van der Waals surface area (Å²) in [5.74, 6) is 0.224. The smallest absolute Gasteiger partial charge is 0.222 e. The fourth-order valence-corrected chi connectivity index (χ4v) is 2.94. The molecule has 0 unspecified atom stereocenters. The van der Waals surface area contributed by atoms with Gasteiger partial charge in [0.15, 0.2) is 0 Å². The average molecular weight is 304 g/mol. The second-order valence-electron chi connectivity index (χ2n) is 5.35. The van der Waals surface area contributed by atoms with Gasteiger partial charge in [-0.25, -0.2) is 0 Å². The molecule has 5 heteroatoms. The maximum Gasteiger partial charge on any atom is 0.222 e. The third-order valence-electron chi connectivity index (χ3n) is 3.85. The predicted octanol–water partition coefficient (Wildman–Crippen LogP) is 3.41. The molecule has 0 radical (unpaired) electrons. The molecular formula is C16H18ClN3O. The number of nitrogens with zero attached hydrogens (tertiary/aromatic N) is 2. The molecule has 1 aliphatic rings. The number of carbonyl (C=O) groups is 1. The fraction of sp³-hybridized carbons (Fsp3) is 0.375. The predicted molar refractivity (Wildman–Crippen MR) is 83.1 cm³/mol. The van der Waals surface area contributed by atoms with Crippen molar-refractivity contribution in [2.75, 3.05) is 6.54 Å². The highest BCUT2D eigenvalue weighted by molar-refractivity contribution is 6.30. The summed E-state index contributed by atoms with van der Waals surface area (Å²) in [4.78, 5) is 14.0. The largest absolute Gasteiger partial charge is 0.338 e. The van der Waals surface area contributed by atoms with E-state index in [-0.39, 0.29) is 5.91 Å². The van der Waals surface area contributed by atoms with Crippen LogP contribution in [-0.4, -0.2) is 27.5 Å². The summed E-state index contributed by atoms with van der Waals surface area (Å²) in [5.41, 5.74) is 4.14. The number of amides is 1. The van der Waals surface area contributed by atoms with Crippen LogP contribution in [0.3, 0.4) is 0 Å². The Balaban J connectivity index is 1.91. The SMILES string of the molecule is CCCC(=O)N1CCc2[nH]nc(-c3cccc(Cl)c3)c2C1. The normalized spacial score (nSPS) is 14.1. The lowest BCUT2D eigenvalue weighted by atomic mass is 10.0. The number of fused-ring (bicyclic) bond motifs is 1. The average Bonchev–Trinajstić information content (AvgIpc) is 2.90. The van der Waals surface area contributed by atoms with Gasteiger partial charge in [0, 0.05) is 47.8 Å². The third kappa shape index (κ3) is 2.81. The summed E-state index contributed by atoms with van der Waals surface area (Å²) >= 11 is 6.06. The van der Waals surface area contributed by atoms with E-state index in [1.807, 2.05) is 36.1 Å². The highest BCUT2D eigenvalue weighted by Crippen LogP contribution is 2.29. The summed E-state index contributed by atoms with van der Waals surface area (Å²) in [6.45, 7) is 3.43. The molecule has 2 heterocycles. The monoisotopic (exact) mass is 303 g/mol. The van der Waals surface area contributed by atoms with Gasteiger partial charge < -0.3 is 4.90 Å². The standard InChI is InChI=1S/C16H18ClN3O/c1-2-4-15(21)20-8-7-14-13(10-20)16(19-18-14)11-5-3-6-12(17)9-11/h3,5-6,9H,2,4,7-8,10H2,1H3,(H,18,19). The van der Waals surface area contributed by atoms with Crippen LogP contribution in [-0.2, 0) is 17.8 Å². The van der Waals surface area contributed by atoms with Crippen LogP contribution >= 0.6 is 11.6 Å². The first kappa shape index (κ1) is 14.1. The number of carbonyl (C=O) groups excluding carboxylic acids is 1. The summed E-state index contributed by atoms with van der Waals surface area (Å²) in [5, 5.41) is 8.23. The van der Waals surface area contributed by atoms with Crippen molar-refractivity contribution < 1.29 is 4.79 Å². The molecule has 0 fully saturated rings. The first-order valence-electron chi connectivity index (χ1n) is 7.29. The van der Waals surface area contributed by atoms with Crippen molar-refractivity contribution in [3.8, 4) is 11.3 Å². The van der Waals surface area contributed by atoms with Crippen molar-refractivity contribution >= 4 is 17.5 Å². The first-order valence-corrected chi connectivity index (χ1v) is 7.66. The number of rotatable bonds is 3. The second-order valence-corrected chi connectivity index (χ2v) is 5.79. The van der Waals surface area contributed by atoms with Gasteiger partial charge in [-0.2, -0.15) is 5.10 Å². The third-order valence-corrected chi connectivity index (χ3v) is 4.08. The molecule has 0 bridgehead atoms. The van der Waals surface area contributed by atoms with Crippen molar-refractivity contribution in [2.24, 2.45) is 0 Å². The van der Waals surface area contributed by atoms with E-state index in [0.29, 0.717) is 18.0 Å². The molecule has 1 aromatic carbocycles. The van der Waals surface area contributed by atoms with Gasteiger partial charge >= 0.3 is 0 Å². The molecule has 21 heavy (non-hydrogen) atoms. The Bertz CT molecular complexity index is 665. The quantitative estimate of drug-likeness (QED) is 0.944. The van der Waals surface area contributed by atoms with E-state index in [1.165, 1.54) is 0 Å². The van der Waals surface area contributed by atoms with Crippen LogP contribution < -0.4 is 0 Å². The van der Waals surface area contributed by atoms with Gasteiger partial charge in [-0.15, -0.1) is 0 Å². The minimum absolute atomic E-state index is 0.224. The Morgan fingerprint density at radius 3 is 3.10 bits per heavy atom. The Kier molecular flexibility index (Phi) is 3.97. The van der Waals surface area contributed by atoms with Gasteiger partial charge in [0.1, 0.15) is 0 Å². The number of H-pyrrole nitrogens is 1. The van der Waals surface area contributed by atoms with Gasteiger partial charge in [-0.05, 0) is 18.6 Å². The lowest BCUT2D eigenvalue weighted by Gasteiger charge is -2.27. The van der Waals surface area contributed by atoms with E-state index in [2.05, 4.69) is 10.2 Å². The Morgan fingerprint density at radius 1 is 1.48 bits per heavy atom. The number of halogens is 1.